The van der Waals surface area contributed by atoms with Crippen LogP contribution in [0.5, 0.6) is 17.4 Å². The van der Waals surface area contributed by atoms with Crippen molar-refractivity contribution >= 4 is 11.6 Å². The van der Waals surface area contributed by atoms with Gasteiger partial charge in [-0.2, -0.15) is 5.10 Å². The molecule has 0 saturated carbocycles. The van der Waals surface area contributed by atoms with Crippen LogP contribution in [0.15, 0.2) is 32.9 Å². The lowest BCUT2D eigenvalue weighted by molar-refractivity contribution is -0.130. The molecule has 4 rings (SSSR count). The van der Waals surface area contributed by atoms with Gasteiger partial charge in [0, 0.05) is 27.4 Å². The number of carbonyl (C=O) groups excluding carboxylic acids is 1. The summed E-state index contributed by atoms with van der Waals surface area (Å²) in [6, 6.07) is 4.82. The molecule has 10 nitrogen and oxygen atoms in total. The smallest absolute Gasteiger partial charge is 0.333 e. The second-order valence-corrected chi connectivity index (χ2v) is 6.65. The zero-order valence-electron chi connectivity index (χ0n) is 15.5. The van der Waals surface area contributed by atoms with Crippen LogP contribution >= 0.6 is 0 Å². The lowest BCUT2D eigenvalue weighted by atomic mass is 9.98. The molecule has 0 spiro atoms. The number of hydrogen-bond acceptors (Lipinski definition) is 7. The molecule has 2 aromatic rings. The highest BCUT2D eigenvalue weighted by Crippen LogP contribution is 2.39. The molecule has 0 fully saturated rings. The third-order valence-corrected chi connectivity index (χ3v) is 4.94. The van der Waals surface area contributed by atoms with Crippen LogP contribution in [-0.2, 0) is 18.9 Å². The molecule has 1 aromatic carbocycles. The summed E-state index contributed by atoms with van der Waals surface area (Å²) < 4.78 is 12.6. The van der Waals surface area contributed by atoms with Crippen LogP contribution in [0.2, 0.25) is 0 Å². The molecule has 0 bridgehead atoms. The topological polar surface area (TPSA) is 115 Å². The SMILES string of the molecule is CC(=O)N1N=C(c2c(O)n(C)c(=O)n(C)c2=O)C[C@H]1c1ccc2c(c1)OCO2. The molecule has 146 valence electrons. The second-order valence-electron chi connectivity index (χ2n) is 6.65. The van der Waals surface area contributed by atoms with E-state index in [0.717, 1.165) is 14.7 Å². The fraction of sp³-hybridized carbons (Fsp3) is 0.333. The van der Waals surface area contributed by atoms with E-state index in [4.69, 9.17) is 9.47 Å². The van der Waals surface area contributed by atoms with Crippen LogP contribution in [0.25, 0.3) is 0 Å². The molecule has 10 heteroatoms. The monoisotopic (exact) mass is 386 g/mol. The average molecular weight is 386 g/mol. The minimum absolute atomic E-state index is 0.0981. The highest BCUT2D eigenvalue weighted by molar-refractivity contribution is 6.04. The quantitative estimate of drug-likeness (QED) is 0.789. The van der Waals surface area contributed by atoms with E-state index in [0.29, 0.717) is 11.5 Å². The molecule has 0 aliphatic carbocycles. The van der Waals surface area contributed by atoms with Gasteiger partial charge in [0.2, 0.25) is 18.6 Å². The Morgan fingerprint density at radius 2 is 1.89 bits per heavy atom. The van der Waals surface area contributed by atoms with Crippen molar-refractivity contribution in [2.24, 2.45) is 19.2 Å². The summed E-state index contributed by atoms with van der Waals surface area (Å²) in [5, 5.41) is 15.9. The third kappa shape index (κ3) is 2.56. The van der Waals surface area contributed by atoms with Crippen LogP contribution in [0, 0.1) is 0 Å². The summed E-state index contributed by atoms with van der Waals surface area (Å²) in [5.74, 6) is 0.373. The standard InChI is InChI=1S/C18H18N4O6/c1-9(23)22-12(10-4-5-13-14(6-10)28-8-27-13)7-11(19-22)15-16(24)20(2)18(26)21(3)17(15)25/h4-6,12,24H,7-8H2,1-3H3/t12-/m0/s1. The summed E-state index contributed by atoms with van der Waals surface area (Å²) in [6.45, 7) is 1.49. The largest absolute Gasteiger partial charge is 0.494 e. The average Bonchev–Trinajstić information content (AvgIpc) is 3.31. The molecule has 0 radical (unpaired) electrons. The van der Waals surface area contributed by atoms with Gasteiger partial charge in [0.25, 0.3) is 5.56 Å². The molecule has 1 amide bonds. The maximum Gasteiger partial charge on any atom is 0.333 e. The van der Waals surface area contributed by atoms with Gasteiger partial charge in [-0.3, -0.25) is 18.7 Å². The van der Waals surface area contributed by atoms with Crippen molar-refractivity contribution in [3.63, 3.8) is 0 Å². The first kappa shape index (κ1) is 17.8. The lowest BCUT2D eigenvalue weighted by Crippen LogP contribution is -2.39. The van der Waals surface area contributed by atoms with E-state index >= 15 is 0 Å². The van der Waals surface area contributed by atoms with Gasteiger partial charge in [-0.25, -0.2) is 9.80 Å². The molecule has 1 atom stereocenters. The predicted octanol–water partition coefficient (Wildman–Crippen LogP) is 0.216. The number of hydrogen-bond donors (Lipinski definition) is 1. The maximum absolute atomic E-state index is 12.6. The van der Waals surface area contributed by atoms with Gasteiger partial charge in [-0.1, -0.05) is 6.07 Å². The maximum atomic E-state index is 12.6. The van der Waals surface area contributed by atoms with Crippen LogP contribution in [0.1, 0.15) is 30.5 Å². The molecule has 3 heterocycles. The molecule has 1 N–H and O–H groups in total. The first-order valence-corrected chi connectivity index (χ1v) is 8.55. The van der Waals surface area contributed by atoms with Crippen LogP contribution < -0.4 is 20.7 Å². The Morgan fingerprint density at radius 3 is 2.61 bits per heavy atom. The van der Waals surface area contributed by atoms with Gasteiger partial charge in [0.05, 0.1) is 11.8 Å². The Bertz CT molecular complexity index is 1150. The van der Waals surface area contributed by atoms with E-state index in [1.54, 1.807) is 18.2 Å². The van der Waals surface area contributed by atoms with E-state index in [1.807, 2.05) is 0 Å². The first-order chi connectivity index (χ1) is 13.3. The van der Waals surface area contributed by atoms with E-state index in [2.05, 4.69) is 5.10 Å². The van der Waals surface area contributed by atoms with Crippen molar-refractivity contribution in [3.8, 4) is 17.4 Å². The first-order valence-electron chi connectivity index (χ1n) is 8.55. The fourth-order valence-corrected chi connectivity index (χ4v) is 3.42. The Balaban J connectivity index is 1.80. The Labute approximate surface area is 158 Å². The molecule has 2 aliphatic heterocycles. The number of fused-ring (bicyclic) bond motifs is 1. The lowest BCUT2D eigenvalue weighted by Gasteiger charge is -2.20. The third-order valence-electron chi connectivity index (χ3n) is 4.94. The molecule has 0 unspecified atom stereocenters. The van der Waals surface area contributed by atoms with Gasteiger partial charge in [-0.05, 0) is 17.7 Å². The molecule has 0 saturated heterocycles. The minimum atomic E-state index is -0.672. The Kier molecular flexibility index (Phi) is 3.98. The van der Waals surface area contributed by atoms with Gasteiger partial charge >= 0.3 is 5.69 Å². The van der Waals surface area contributed by atoms with Crippen molar-refractivity contribution in [2.75, 3.05) is 6.79 Å². The van der Waals surface area contributed by atoms with E-state index in [1.165, 1.54) is 26.0 Å². The molecule has 1 aromatic heterocycles. The van der Waals surface area contributed by atoms with Crippen molar-refractivity contribution in [1.29, 1.82) is 0 Å². The zero-order valence-corrected chi connectivity index (χ0v) is 15.5. The van der Waals surface area contributed by atoms with Crippen molar-refractivity contribution < 1.29 is 19.4 Å². The normalized spacial score (nSPS) is 17.8. The summed E-state index contributed by atoms with van der Waals surface area (Å²) in [6.07, 6.45) is 0.195. The van der Waals surface area contributed by atoms with Crippen molar-refractivity contribution in [2.45, 2.75) is 19.4 Å². The van der Waals surface area contributed by atoms with Crippen LogP contribution in [-0.4, -0.2) is 37.7 Å². The van der Waals surface area contributed by atoms with Crippen molar-refractivity contribution in [1.82, 2.24) is 14.1 Å². The van der Waals surface area contributed by atoms with E-state index < -0.39 is 23.2 Å². The Morgan fingerprint density at radius 1 is 1.18 bits per heavy atom. The minimum Gasteiger partial charge on any atom is -0.494 e. The fourth-order valence-electron chi connectivity index (χ4n) is 3.42. The van der Waals surface area contributed by atoms with Crippen LogP contribution in [0.4, 0.5) is 0 Å². The summed E-state index contributed by atoms with van der Waals surface area (Å²) >= 11 is 0. The number of nitrogens with zero attached hydrogens (tertiary/aromatic N) is 4. The predicted molar refractivity (Wildman–Crippen MR) is 97.6 cm³/mol. The number of ether oxygens (including phenoxy) is 2. The molecule has 2 aliphatic rings. The molecule has 28 heavy (non-hydrogen) atoms. The number of aromatic hydroxyl groups is 1. The van der Waals surface area contributed by atoms with Crippen LogP contribution in [0.3, 0.4) is 0 Å². The summed E-state index contributed by atoms with van der Waals surface area (Å²) in [5.41, 5.74) is -0.445. The van der Waals surface area contributed by atoms with Crippen molar-refractivity contribution in [3.05, 3.63) is 50.2 Å². The Hall–Kier alpha value is -3.56. The van der Waals surface area contributed by atoms with Gasteiger partial charge in [0.1, 0.15) is 5.56 Å². The zero-order chi connectivity index (χ0) is 20.2. The van der Waals surface area contributed by atoms with E-state index in [9.17, 15) is 19.5 Å². The number of hydrazone groups is 1. The van der Waals surface area contributed by atoms with E-state index in [-0.39, 0.29) is 30.4 Å². The summed E-state index contributed by atoms with van der Waals surface area (Å²) in [4.78, 5) is 36.7. The van der Waals surface area contributed by atoms with Gasteiger partial charge in [0.15, 0.2) is 11.5 Å². The number of benzene rings is 1. The van der Waals surface area contributed by atoms with Gasteiger partial charge < -0.3 is 14.6 Å². The molecular formula is C18H18N4O6. The highest BCUT2D eigenvalue weighted by atomic mass is 16.7. The number of aromatic nitrogens is 2. The number of rotatable bonds is 2. The summed E-state index contributed by atoms with van der Waals surface area (Å²) in [7, 11) is 2.68. The number of amides is 1. The second kappa shape index (κ2) is 6.25. The highest BCUT2D eigenvalue weighted by Gasteiger charge is 2.35. The molecular weight excluding hydrogens is 368 g/mol. The number of carbonyl (C=O) groups is 1. The van der Waals surface area contributed by atoms with Gasteiger partial charge in [-0.15, -0.1) is 0 Å².